The molecule has 2 aromatic rings. The van der Waals surface area contributed by atoms with E-state index in [0.717, 1.165) is 29.9 Å². The van der Waals surface area contributed by atoms with Gasteiger partial charge in [-0.25, -0.2) is 4.79 Å². The van der Waals surface area contributed by atoms with Gasteiger partial charge in [0.25, 0.3) is 0 Å². The van der Waals surface area contributed by atoms with Crippen LogP contribution in [0.15, 0.2) is 30.6 Å². The van der Waals surface area contributed by atoms with Crippen LogP contribution in [0.1, 0.15) is 49.3 Å². The van der Waals surface area contributed by atoms with Gasteiger partial charge in [0.05, 0.1) is 5.69 Å². The molecule has 0 atom stereocenters. The third kappa shape index (κ3) is 3.13. The van der Waals surface area contributed by atoms with E-state index >= 15 is 0 Å². The minimum Gasteiger partial charge on any atom is -0.317 e. The van der Waals surface area contributed by atoms with Crippen molar-refractivity contribution in [3.05, 3.63) is 41.9 Å². The SMILES string of the molecule is Cn1nc(C2CCC2)cc1NC(=O)N(Cc1ccncc1)C1CC1. The number of carbonyl (C=O) groups excluding carboxylic acids is 1. The lowest BCUT2D eigenvalue weighted by Crippen LogP contribution is -2.36. The molecule has 126 valence electrons. The molecular formula is C18H23N5O. The van der Waals surface area contributed by atoms with Crippen LogP contribution in [-0.4, -0.2) is 31.7 Å². The first-order chi connectivity index (χ1) is 11.7. The number of hydrogen-bond donors (Lipinski definition) is 1. The Balaban J connectivity index is 1.46. The lowest BCUT2D eigenvalue weighted by Gasteiger charge is -2.23. The zero-order valence-corrected chi connectivity index (χ0v) is 14.0. The van der Waals surface area contributed by atoms with E-state index in [-0.39, 0.29) is 6.03 Å². The molecule has 2 aromatic heterocycles. The second kappa shape index (κ2) is 6.26. The Kier molecular flexibility index (Phi) is 3.96. The Bertz CT molecular complexity index is 718. The molecule has 0 aromatic carbocycles. The molecule has 24 heavy (non-hydrogen) atoms. The van der Waals surface area contributed by atoms with Gasteiger partial charge in [0.2, 0.25) is 0 Å². The molecule has 2 saturated carbocycles. The first-order valence-electron chi connectivity index (χ1n) is 8.71. The van der Waals surface area contributed by atoms with E-state index in [9.17, 15) is 4.79 Å². The lowest BCUT2D eigenvalue weighted by atomic mass is 9.83. The fraction of sp³-hybridized carbons (Fsp3) is 0.500. The van der Waals surface area contributed by atoms with Crippen molar-refractivity contribution in [2.24, 2.45) is 7.05 Å². The van der Waals surface area contributed by atoms with Crippen molar-refractivity contribution in [1.82, 2.24) is 19.7 Å². The highest BCUT2D eigenvalue weighted by Crippen LogP contribution is 2.36. The maximum Gasteiger partial charge on any atom is 0.323 e. The molecule has 0 radical (unpaired) electrons. The number of nitrogens with zero attached hydrogens (tertiary/aromatic N) is 4. The predicted octanol–water partition coefficient (Wildman–Crippen LogP) is 3.28. The summed E-state index contributed by atoms with van der Waals surface area (Å²) in [6, 6.07) is 6.25. The number of nitrogens with one attached hydrogen (secondary N) is 1. The zero-order chi connectivity index (χ0) is 16.5. The molecule has 4 rings (SSSR count). The van der Waals surface area contributed by atoms with Gasteiger partial charge in [-0.1, -0.05) is 6.42 Å². The zero-order valence-electron chi connectivity index (χ0n) is 14.0. The summed E-state index contributed by atoms with van der Waals surface area (Å²) >= 11 is 0. The number of hydrogen-bond acceptors (Lipinski definition) is 3. The highest BCUT2D eigenvalue weighted by molar-refractivity contribution is 5.89. The van der Waals surface area contributed by atoms with E-state index in [1.807, 2.05) is 30.1 Å². The van der Waals surface area contributed by atoms with Crippen LogP contribution in [0.2, 0.25) is 0 Å². The molecule has 0 saturated heterocycles. The van der Waals surface area contributed by atoms with Crippen molar-refractivity contribution in [3.8, 4) is 0 Å². The molecule has 2 heterocycles. The molecule has 6 nitrogen and oxygen atoms in total. The normalized spacial score (nSPS) is 17.4. The average Bonchev–Trinajstić information content (AvgIpc) is 3.30. The Morgan fingerprint density at radius 3 is 2.67 bits per heavy atom. The van der Waals surface area contributed by atoms with E-state index in [1.54, 1.807) is 17.1 Å². The van der Waals surface area contributed by atoms with Gasteiger partial charge in [0, 0.05) is 44.0 Å². The predicted molar refractivity (Wildman–Crippen MR) is 91.6 cm³/mol. The lowest BCUT2D eigenvalue weighted by molar-refractivity contribution is 0.206. The molecule has 0 aliphatic heterocycles. The van der Waals surface area contributed by atoms with Gasteiger partial charge >= 0.3 is 6.03 Å². The van der Waals surface area contributed by atoms with Crippen LogP contribution in [0.3, 0.4) is 0 Å². The molecule has 0 unspecified atom stereocenters. The largest absolute Gasteiger partial charge is 0.323 e. The summed E-state index contributed by atoms with van der Waals surface area (Å²) in [5, 5.41) is 7.61. The van der Waals surface area contributed by atoms with Crippen molar-refractivity contribution >= 4 is 11.8 Å². The number of pyridine rings is 1. The molecule has 2 aliphatic rings. The van der Waals surface area contributed by atoms with Gasteiger partial charge in [-0.15, -0.1) is 0 Å². The summed E-state index contributed by atoms with van der Waals surface area (Å²) < 4.78 is 1.78. The van der Waals surface area contributed by atoms with Crippen LogP contribution in [-0.2, 0) is 13.6 Å². The van der Waals surface area contributed by atoms with Crippen molar-refractivity contribution < 1.29 is 4.79 Å². The van der Waals surface area contributed by atoms with E-state index in [2.05, 4.69) is 15.4 Å². The van der Waals surface area contributed by atoms with Gasteiger partial charge in [-0.3, -0.25) is 15.0 Å². The Hall–Kier alpha value is -2.37. The van der Waals surface area contributed by atoms with E-state index in [1.165, 1.54) is 19.3 Å². The standard InChI is InChI=1S/C18H23N5O/c1-22-17(11-16(21-22)14-3-2-4-14)20-18(24)23(15-5-6-15)12-13-7-9-19-10-8-13/h7-11,14-15H,2-6,12H2,1H3,(H,20,24). The molecule has 2 fully saturated rings. The van der Waals surface area contributed by atoms with Crippen molar-refractivity contribution in [2.75, 3.05) is 5.32 Å². The van der Waals surface area contributed by atoms with Crippen LogP contribution in [0.25, 0.3) is 0 Å². The van der Waals surface area contributed by atoms with Gasteiger partial charge in [-0.05, 0) is 43.4 Å². The minimum absolute atomic E-state index is 0.0440. The second-order valence-corrected chi connectivity index (χ2v) is 6.85. The highest BCUT2D eigenvalue weighted by Gasteiger charge is 2.33. The monoisotopic (exact) mass is 325 g/mol. The van der Waals surface area contributed by atoms with Gasteiger partial charge in [-0.2, -0.15) is 5.10 Å². The summed E-state index contributed by atoms with van der Waals surface area (Å²) in [5.41, 5.74) is 2.21. The number of carbonyl (C=O) groups is 1. The summed E-state index contributed by atoms with van der Waals surface area (Å²) in [6.07, 6.45) is 9.40. The number of amides is 2. The first kappa shape index (κ1) is 15.2. The Morgan fingerprint density at radius 1 is 1.29 bits per heavy atom. The van der Waals surface area contributed by atoms with Gasteiger partial charge in [0.1, 0.15) is 5.82 Å². The summed E-state index contributed by atoms with van der Waals surface area (Å²) in [5.74, 6) is 1.35. The number of rotatable bonds is 5. The summed E-state index contributed by atoms with van der Waals surface area (Å²) in [4.78, 5) is 18.7. The number of aromatic nitrogens is 3. The minimum atomic E-state index is -0.0440. The van der Waals surface area contributed by atoms with Crippen molar-refractivity contribution in [2.45, 2.75) is 50.6 Å². The van der Waals surface area contributed by atoms with Crippen LogP contribution < -0.4 is 5.32 Å². The first-order valence-corrected chi connectivity index (χ1v) is 8.71. The summed E-state index contributed by atoms with van der Waals surface area (Å²) in [6.45, 7) is 0.617. The smallest absolute Gasteiger partial charge is 0.317 e. The van der Waals surface area contributed by atoms with Crippen molar-refractivity contribution in [1.29, 1.82) is 0 Å². The Morgan fingerprint density at radius 2 is 2.04 bits per heavy atom. The quantitative estimate of drug-likeness (QED) is 0.917. The molecule has 6 heteroatoms. The molecule has 0 spiro atoms. The average molecular weight is 325 g/mol. The molecule has 2 amide bonds. The number of urea groups is 1. The maximum absolute atomic E-state index is 12.8. The number of aryl methyl sites for hydroxylation is 1. The molecular weight excluding hydrogens is 302 g/mol. The number of anilines is 1. The van der Waals surface area contributed by atoms with Crippen LogP contribution in [0.5, 0.6) is 0 Å². The fourth-order valence-corrected chi connectivity index (χ4v) is 3.13. The molecule has 0 bridgehead atoms. The van der Waals surface area contributed by atoms with Crippen LogP contribution in [0.4, 0.5) is 10.6 Å². The third-order valence-corrected chi connectivity index (χ3v) is 5.01. The van der Waals surface area contributed by atoms with Crippen LogP contribution >= 0.6 is 0 Å². The fourth-order valence-electron chi connectivity index (χ4n) is 3.13. The Labute approximate surface area is 141 Å². The summed E-state index contributed by atoms with van der Waals surface area (Å²) in [7, 11) is 1.89. The van der Waals surface area contributed by atoms with E-state index < -0.39 is 0 Å². The highest BCUT2D eigenvalue weighted by atomic mass is 16.2. The third-order valence-electron chi connectivity index (χ3n) is 5.01. The van der Waals surface area contributed by atoms with E-state index in [4.69, 9.17) is 0 Å². The van der Waals surface area contributed by atoms with Crippen molar-refractivity contribution in [3.63, 3.8) is 0 Å². The molecule has 1 N–H and O–H groups in total. The molecule has 2 aliphatic carbocycles. The van der Waals surface area contributed by atoms with Gasteiger partial charge < -0.3 is 4.90 Å². The topological polar surface area (TPSA) is 63.1 Å². The van der Waals surface area contributed by atoms with E-state index in [0.29, 0.717) is 18.5 Å². The van der Waals surface area contributed by atoms with Gasteiger partial charge in [0.15, 0.2) is 0 Å². The van der Waals surface area contributed by atoms with Crippen LogP contribution in [0, 0.1) is 0 Å². The maximum atomic E-state index is 12.8. The second-order valence-electron chi connectivity index (χ2n) is 6.85.